The van der Waals surface area contributed by atoms with E-state index >= 15 is 0 Å². The summed E-state index contributed by atoms with van der Waals surface area (Å²) >= 11 is 0. The molecule has 0 saturated carbocycles. The summed E-state index contributed by atoms with van der Waals surface area (Å²) in [6.45, 7) is 6.04. The van der Waals surface area contributed by atoms with Gasteiger partial charge in [-0.3, -0.25) is 0 Å². The van der Waals surface area contributed by atoms with Crippen LogP contribution in [0, 0.1) is 19.7 Å². The van der Waals surface area contributed by atoms with E-state index in [9.17, 15) is 4.39 Å². The molecule has 1 nitrogen and oxygen atoms in total. The van der Waals surface area contributed by atoms with Crippen LogP contribution < -0.4 is 5.32 Å². The smallest absolute Gasteiger partial charge is 0.123 e. The minimum Gasteiger partial charge on any atom is -0.312 e. The fraction of sp³-hybridized carbons (Fsp3) is 0.294. The molecule has 2 aromatic carbocycles. The second-order valence-electron chi connectivity index (χ2n) is 4.97. The zero-order chi connectivity index (χ0) is 13.7. The van der Waals surface area contributed by atoms with Crippen molar-refractivity contribution < 1.29 is 4.39 Å². The van der Waals surface area contributed by atoms with E-state index in [1.54, 1.807) is 0 Å². The van der Waals surface area contributed by atoms with Crippen LogP contribution in [0.2, 0.25) is 0 Å². The van der Waals surface area contributed by atoms with Gasteiger partial charge in [-0.1, -0.05) is 30.3 Å². The highest BCUT2D eigenvalue weighted by Crippen LogP contribution is 2.09. The third kappa shape index (κ3) is 4.18. The summed E-state index contributed by atoms with van der Waals surface area (Å²) in [5.41, 5.74) is 5.13. The van der Waals surface area contributed by atoms with Gasteiger partial charge < -0.3 is 5.32 Å². The van der Waals surface area contributed by atoms with Crippen molar-refractivity contribution in [3.8, 4) is 0 Å². The maximum atomic E-state index is 12.8. The van der Waals surface area contributed by atoms with Crippen molar-refractivity contribution in [2.75, 3.05) is 6.54 Å². The van der Waals surface area contributed by atoms with Gasteiger partial charge in [-0.15, -0.1) is 0 Å². The van der Waals surface area contributed by atoms with Gasteiger partial charge in [-0.2, -0.15) is 0 Å². The minimum absolute atomic E-state index is 0.174. The van der Waals surface area contributed by atoms with E-state index in [0.717, 1.165) is 25.1 Å². The van der Waals surface area contributed by atoms with Gasteiger partial charge in [0.25, 0.3) is 0 Å². The topological polar surface area (TPSA) is 12.0 Å². The van der Waals surface area contributed by atoms with Crippen LogP contribution in [0.5, 0.6) is 0 Å². The fourth-order valence-corrected chi connectivity index (χ4v) is 2.03. The molecule has 0 atom stereocenters. The van der Waals surface area contributed by atoms with Crippen molar-refractivity contribution in [2.45, 2.75) is 26.8 Å². The highest BCUT2D eigenvalue weighted by atomic mass is 19.1. The molecule has 100 valence electrons. The first kappa shape index (κ1) is 13.8. The van der Waals surface area contributed by atoms with Gasteiger partial charge >= 0.3 is 0 Å². The highest BCUT2D eigenvalue weighted by Gasteiger charge is 1.97. The number of nitrogens with one attached hydrogen (secondary N) is 1. The lowest BCUT2D eigenvalue weighted by molar-refractivity contribution is 0.626. The number of benzene rings is 2. The van der Waals surface area contributed by atoms with Gasteiger partial charge in [0.1, 0.15) is 5.82 Å². The van der Waals surface area contributed by atoms with Gasteiger partial charge in [-0.25, -0.2) is 4.39 Å². The summed E-state index contributed by atoms with van der Waals surface area (Å²) in [5, 5.41) is 3.42. The summed E-state index contributed by atoms with van der Waals surface area (Å²) < 4.78 is 12.8. The Morgan fingerprint density at radius 3 is 2.26 bits per heavy atom. The molecule has 0 spiro atoms. The van der Waals surface area contributed by atoms with Gasteiger partial charge in [0.05, 0.1) is 0 Å². The minimum atomic E-state index is -0.174. The number of hydrogen-bond donors (Lipinski definition) is 1. The van der Waals surface area contributed by atoms with E-state index in [0.29, 0.717) is 0 Å². The fourth-order valence-electron chi connectivity index (χ4n) is 2.03. The molecule has 19 heavy (non-hydrogen) atoms. The average molecular weight is 257 g/mol. The summed E-state index contributed by atoms with van der Waals surface area (Å²) in [4.78, 5) is 0. The maximum absolute atomic E-state index is 12.8. The molecule has 2 heteroatoms. The molecule has 0 fully saturated rings. The Bertz CT molecular complexity index is 531. The monoisotopic (exact) mass is 257 g/mol. The van der Waals surface area contributed by atoms with Crippen LogP contribution in [0.4, 0.5) is 4.39 Å². The Morgan fingerprint density at radius 1 is 0.895 bits per heavy atom. The van der Waals surface area contributed by atoms with Gasteiger partial charge in [0, 0.05) is 6.54 Å². The first-order valence-electron chi connectivity index (χ1n) is 6.66. The number of halogens is 1. The Balaban J connectivity index is 1.77. The lowest BCUT2D eigenvalue weighted by Crippen LogP contribution is -2.16. The van der Waals surface area contributed by atoms with Crippen molar-refractivity contribution >= 4 is 0 Å². The van der Waals surface area contributed by atoms with Crippen molar-refractivity contribution in [3.05, 3.63) is 70.5 Å². The highest BCUT2D eigenvalue weighted by molar-refractivity contribution is 5.29. The molecule has 2 aromatic rings. The molecular weight excluding hydrogens is 237 g/mol. The van der Waals surface area contributed by atoms with Crippen molar-refractivity contribution in [1.29, 1.82) is 0 Å². The molecule has 0 aromatic heterocycles. The van der Waals surface area contributed by atoms with Crippen LogP contribution >= 0.6 is 0 Å². The molecule has 0 saturated heterocycles. The van der Waals surface area contributed by atoms with Crippen LogP contribution in [0.15, 0.2) is 42.5 Å². The summed E-state index contributed by atoms with van der Waals surface area (Å²) in [5.74, 6) is -0.174. The molecular formula is C17H20FN. The molecule has 0 amide bonds. The molecule has 0 aliphatic rings. The largest absolute Gasteiger partial charge is 0.312 e. The second kappa shape index (κ2) is 6.48. The predicted octanol–water partition coefficient (Wildman–Crippen LogP) is 3.77. The summed E-state index contributed by atoms with van der Waals surface area (Å²) in [6, 6.07) is 13.2. The van der Waals surface area contributed by atoms with Crippen LogP contribution in [-0.2, 0) is 13.0 Å². The van der Waals surface area contributed by atoms with Crippen molar-refractivity contribution in [1.82, 2.24) is 5.32 Å². The number of aryl methyl sites for hydroxylation is 2. The van der Waals surface area contributed by atoms with E-state index in [4.69, 9.17) is 0 Å². The first-order chi connectivity index (χ1) is 9.15. The summed E-state index contributed by atoms with van der Waals surface area (Å²) in [7, 11) is 0. The maximum Gasteiger partial charge on any atom is 0.123 e. The van der Waals surface area contributed by atoms with Crippen LogP contribution in [0.25, 0.3) is 0 Å². The van der Waals surface area contributed by atoms with E-state index in [1.807, 2.05) is 12.1 Å². The number of hydrogen-bond acceptors (Lipinski definition) is 1. The van der Waals surface area contributed by atoms with E-state index in [1.165, 1.54) is 28.8 Å². The third-order valence-corrected chi connectivity index (χ3v) is 3.40. The standard InChI is InChI=1S/C17H20FN/c1-13-3-4-16(11-14(13)2)12-19-10-9-15-5-7-17(18)8-6-15/h3-8,11,19H,9-10,12H2,1-2H3. The lowest BCUT2D eigenvalue weighted by Gasteiger charge is -2.07. The van der Waals surface area contributed by atoms with E-state index in [2.05, 4.69) is 37.4 Å². The van der Waals surface area contributed by atoms with Crippen molar-refractivity contribution in [2.24, 2.45) is 0 Å². The van der Waals surface area contributed by atoms with Crippen LogP contribution in [-0.4, -0.2) is 6.54 Å². The SMILES string of the molecule is Cc1ccc(CNCCc2ccc(F)cc2)cc1C. The number of rotatable bonds is 5. The van der Waals surface area contributed by atoms with Crippen LogP contribution in [0.3, 0.4) is 0 Å². The Kier molecular flexibility index (Phi) is 4.69. The Labute approximate surface area is 114 Å². The van der Waals surface area contributed by atoms with E-state index < -0.39 is 0 Å². The van der Waals surface area contributed by atoms with E-state index in [-0.39, 0.29) is 5.82 Å². The Morgan fingerprint density at radius 2 is 1.58 bits per heavy atom. The third-order valence-electron chi connectivity index (χ3n) is 3.40. The quantitative estimate of drug-likeness (QED) is 0.804. The zero-order valence-electron chi connectivity index (χ0n) is 11.5. The molecule has 1 N–H and O–H groups in total. The zero-order valence-corrected chi connectivity index (χ0v) is 11.5. The molecule has 0 aliphatic carbocycles. The summed E-state index contributed by atoms with van der Waals surface area (Å²) in [6.07, 6.45) is 0.922. The molecule has 0 bridgehead atoms. The Hall–Kier alpha value is -1.67. The predicted molar refractivity (Wildman–Crippen MR) is 77.7 cm³/mol. The average Bonchev–Trinajstić information content (AvgIpc) is 2.41. The first-order valence-corrected chi connectivity index (χ1v) is 6.66. The van der Waals surface area contributed by atoms with Crippen LogP contribution in [0.1, 0.15) is 22.3 Å². The molecule has 0 radical (unpaired) electrons. The van der Waals surface area contributed by atoms with Crippen molar-refractivity contribution in [3.63, 3.8) is 0 Å². The van der Waals surface area contributed by atoms with Gasteiger partial charge in [-0.05, 0) is 61.2 Å². The molecule has 0 aliphatic heterocycles. The van der Waals surface area contributed by atoms with Gasteiger partial charge in [0.2, 0.25) is 0 Å². The molecule has 0 heterocycles. The lowest BCUT2D eigenvalue weighted by atomic mass is 10.1. The molecule has 2 rings (SSSR count). The molecule has 0 unspecified atom stereocenters. The van der Waals surface area contributed by atoms with Gasteiger partial charge in [0.15, 0.2) is 0 Å². The second-order valence-corrected chi connectivity index (χ2v) is 4.97. The normalized spacial score (nSPS) is 10.7.